The number of hydrogen-bond acceptors (Lipinski definition) is 21. The smallest absolute Gasteiger partial charge is 0.323 e. The highest BCUT2D eigenvalue weighted by Gasteiger charge is 2.28. The number of azo groups is 2. The number of fused-ring (bicyclic) bond motifs is 1. The number of hydrogen-bond donors (Lipinski definition) is 9. The molecule has 0 fully saturated rings. The predicted octanol–water partition coefficient (Wildman–Crippen LogP) is 11.5. The number of benzene rings is 6. The molecule has 2 amide bonds. The van der Waals surface area contributed by atoms with Gasteiger partial charge in [-0.2, -0.15) is 52.6 Å². The van der Waals surface area contributed by atoms with Crippen molar-refractivity contribution in [1.29, 1.82) is 10.5 Å². The molecular formula is C47H31Cl2N11O16S6. The van der Waals surface area contributed by atoms with Crippen molar-refractivity contribution in [1.82, 2.24) is 4.98 Å². The van der Waals surface area contributed by atoms with Crippen LogP contribution in [0.25, 0.3) is 21.9 Å². The highest BCUT2D eigenvalue weighted by atomic mass is 35.5. The summed E-state index contributed by atoms with van der Waals surface area (Å²) in [7, 11) is -26.0. The summed E-state index contributed by atoms with van der Waals surface area (Å²) in [4.78, 5) is 12.3. The summed E-state index contributed by atoms with van der Waals surface area (Å²) in [6.45, 7) is 1.36. The highest BCUT2D eigenvalue weighted by Crippen LogP contribution is 2.49. The van der Waals surface area contributed by atoms with Crippen molar-refractivity contribution >= 4 is 158 Å². The summed E-state index contributed by atoms with van der Waals surface area (Å²) in [6.07, 6.45) is 0. The second-order valence-electron chi connectivity index (χ2n) is 16.6. The Bertz CT molecular complexity index is 4750. The van der Waals surface area contributed by atoms with Gasteiger partial charge in [0.2, 0.25) is 0 Å². The zero-order valence-electron chi connectivity index (χ0n) is 40.5. The molecule has 8 rings (SSSR count). The van der Waals surface area contributed by atoms with E-state index < -0.39 is 103 Å². The van der Waals surface area contributed by atoms with Crippen LogP contribution in [0.4, 0.5) is 60.6 Å². The number of carbonyl (C=O) groups excluding carboxylic acids is 1. The van der Waals surface area contributed by atoms with Crippen LogP contribution in [-0.4, -0.2) is 75.9 Å². The van der Waals surface area contributed by atoms with Crippen molar-refractivity contribution in [3.05, 3.63) is 142 Å². The summed E-state index contributed by atoms with van der Waals surface area (Å²) in [5.41, 5.74) is -0.811. The van der Waals surface area contributed by atoms with E-state index in [0.717, 1.165) is 30.3 Å². The van der Waals surface area contributed by atoms with Crippen molar-refractivity contribution in [2.75, 3.05) is 21.3 Å². The number of pyridine rings is 1. The van der Waals surface area contributed by atoms with Crippen LogP contribution >= 0.6 is 34.5 Å². The molecule has 9 N–H and O–H groups in total. The van der Waals surface area contributed by atoms with Gasteiger partial charge in [-0.15, -0.1) is 20.5 Å². The zero-order valence-corrected chi connectivity index (χ0v) is 46.9. The van der Waals surface area contributed by atoms with Crippen LogP contribution in [0, 0.1) is 29.6 Å². The fourth-order valence-electron chi connectivity index (χ4n) is 7.60. The number of urea groups is 1. The number of halogens is 2. The molecule has 6 aromatic carbocycles. The molecule has 0 radical (unpaired) electrons. The molecule has 8 aromatic rings. The summed E-state index contributed by atoms with van der Waals surface area (Å²) >= 11 is 12.7. The lowest BCUT2D eigenvalue weighted by molar-refractivity contribution is 0.262. The molecule has 420 valence electrons. The van der Waals surface area contributed by atoms with Gasteiger partial charge in [0.15, 0.2) is 16.6 Å². The molecule has 0 saturated heterocycles. The molecular weight excluding hydrogens is 1240 g/mol. The van der Waals surface area contributed by atoms with E-state index in [0.29, 0.717) is 35.2 Å². The van der Waals surface area contributed by atoms with E-state index in [2.05, 4.69) is 46.7 Å². The SMILES string of the molecule is Cc1c(C#N)c(Nc2ccc(Cl)c(S(=O)(=O)O)c2)nc(Nc2ccc(Cl)c(S(=O)(=O)O)c2)c1N=Nc1sc(N=Nc2cc(S(=O)(=O)O)c3cc(S(=O)(=O)O)cc(S(=O)(=O)O)c3c2)c(-c2ccc(NC(=O)Nc3ccccc3)cc2)c1C#N. The number of carbonyl (C=O) groups is 1. The van der Waals surface area contributed by atoms with Crippen LogP contribution in [0.1, 0.15) is 16.7 Å². The zero-order chi connectivity index (χ0) is 59.9. The minimum atomic E-state index is -5.44. The first-order chi connectivity index (χ1) is 38.3. The number of nitrogens with one attached hydrogen (secondary N) is 4. The van der Waals surface area contributed by atoms with Gasteiger partial charge in [0.1, 0.15) is 48.0 Å². The molecule has 2 aromatic heterocycles. The lowest BCUT2D eigenvalue weighted by Gasteiger charge is -2.16. The van der Waals surface area contributed by atoms with Gasteiger partial charge >= 0.3 is 6.03 Å². The Balaban J connectivity index is 1.31. The van der Waals surface area contributed by atoms with Crippen LogP contribution < -0.4 is 21.3 Å². The van der Waals surface area contributed by atoms with E-state index in [4.69, 9.17) is 23.2 Å². The third-order valence-corrected chi connectivity index (χ3v) is 17.5. The highest BCUT2D eigenvalue weighted by molar-refractivity contribution is 7.87. The number of aromatic nitrogens is 1. The third-order valence-electron chi connectivity index (χ3n) is 11.2. The molecule has 82 heavy (non-hydrogen) atoms. The second kappa shape index (κ2) is 22.9. The number of rotatable bonds is 16. The summed E-state index contributed by atoms with van der Waals surface area (Å²) in [5.74, 6) is -0.624. The topological polar surface area (TPSA) is 447 Å². The molecule has 0 atom stereocenters. The van der Waals surface area contributed by atoms with Crippen molar-refractivity contribution in [2.24, 2.45) is 20.5 Å². The first-order valence-electron chi connectivity index (χ1n) is 22.0. The molecule has 0 aliphatic rings. The van der Waals surface area contributed by atoms with E-state index in [1.807, 2.05) is 12.1 Å². The van der Waals surface area contributed by atoms with Gasteiger partial charge in [-0.25, -0.2) is 9.78 Å². The van der Waals surface area contributed by atoms with E-state index >= 15 is 0 Å². The lowest BCUT2D eigenvalue weighted by atomic mass is 10.0. The van der Waals surface area contributed by atoms with Gasteiger partial charge in [0.25, 0.3) is 50.6 Å². The van der Waals surface area contributed by atoms with Crippen molar-refractivity contribution in [3.8, 4) is 23.3 Å². The van der Waals surface area contributed by atoms with Crippen LogP contribution in [0.15, 0.2) is 160 Å². The quantitative estimate of drug-likeness (QED) is 0.0320. The van der Waals surface area contributed by atoms with E-state index in [-0.39, 0.29) is 77.2 Å². The maximum Gasteiger partial charge on any atom is 0.323 e. The summed E-state index contributed by atoms with van der Waals surface area (Å²) in [5, 5.41) is 46.4. The van der Waals surface area contributed by atoms with Crippen molar-refractivity contribution in [3.63, 3.8) is 0 Å². The summed E-state index contributed by atoms with van der Waals surface area (Å²) in [6, 6.07) is 26.4. The molecule has 0 aliphatic carbocycles. The average molecular weight is 1270 g/mol. The molecule has 0 aliphatic heterocycles. The Morgan fingerprint density at radius 1 is 0.537 bits per heavy atom. The minimum Gasteiger partial charge on any atom is -0.339 e. The fourth-order valence-corrected chi connectivity index (χ4v) is 12.6. The molecule has 0 unspecified atom stereocenters. The summed E-state index contributed by atoms with van der Waals surface area (Å²) < 4.78 is 174. The maximum absolute atomic E-state index is 12.9. The van der Waals surface area contributed by atoms with Crippen LogP contribution in [0.3, 0.4) is 0 Å². The molecule has 2 heterocycles. The number of para-hydroxylation sites is 1. The Hall–Kier alpha value is -8.39. The maximum atomic E-state index is 12.9. The number of nitriles is 2. The minimum absolute atomic E-state index is 0.0345. The molecule has 0 spiro atoms. The largest absolute Gasteiger partial charge is 0.339 e. The first kappa shape index (κ1) is 59.7. The fraction of sp³-hybridized carbons (Fsp3) is 0.0213. The van der Waals surface area contributed by atoms with Gasteiger partial charge < -0.3 is 21.3 Å². The number of anilines is 6. The average Bonchev–Trinajstić information content (AvgIpc) is 3.86. The van der Waals surface area contributed by atoms with Crippen LogP contribution in [-0.2, 0) is 50.6 Å². The molecule has 0 saturated carbocycles. The normalized spacial score (nSPS) is 12.3. The third kappa shape index (κ3) is 13.3. The Kier molecular flexibility index (Phi) is 16.7. The first-order valence-corrected chi connectivity index (χ1v) is 30.8. The van der Waals surface area contributed by atoms with E-state index in [9.17, 15) is 80.2 Å². The van der Waals surface area contributed by atoms with E-state index in [1.165, 1.54) is 43.3 Å². The number of amides is 2. The Labute approximate surface area is 478 Å². The molecule has 27 nitrogen and oxygen atoms in total. The van der Waals surface area contributed by atoms with Gasteiger partial charge in [-0.05, 0) is 97.4 Å². The predicted molar refractivity (Wildman–Crippen MR) is 298 cm³/mol. The Morgan fingerprint density at radius 2 is 1.02 bits per heavy atom. The standard InChI is InChI=1S/C47H31Cl2N11O16S6/c1-23-33(21-50)43(52-27-11-13-35(48)39(16-27)81(71,72)73)56-44(53-28-12-14-36(49)40(17-28)82(74,75)76)42(23)58-59-45-34(22-51)41(24-7-9-26(10-8-24)55-47(61)54-25-5-3-2-4-6-25)46(77-45)60-57-29-15-31-32(37(18-29)79(65,66)67)19-30(78(62,63)64)20-38(31)80(68,69)70/h2-20H,1H3,(H2,52,53,56)(H2,54,55,61)(H,62,63,64)(H,65,66,67)(H,68,69,70)(H,71,72,73)(H,74,75,76). The van der Waals surface area contributed by atoms with Gasteiger partial charge in [-0.1, -0.05) is 64.9 Å². The van der Waals surface area contributed by atoms with Gasteiger partial charge in [0.05, 0.1) is 26.2 Å². The molecule has 0 bridgehead atoms. The van der Waals surface area contributed by atoms with Crippen LogP contribution in [0.5, 0.6) is 0 Å². The number of thiophene rings is 1. The van der Waals surface area contributed by atoms with Gasteiger partial charge in [0, 0.05) is 44.6 Å². The Morgan fingerprint density at radius 3 is 1.55 bits per heavy atom. The number of nitrogens with zero attached hydrogens (tertiary/aromatic N) is 7. The molecule has 35 heteroatoms. The van der Waals surface area contributed by atoms with E-state index in [1.54, 1.807) is 30.3 Å². The van der Waals surface area contributed by atoms with Crippen LogP contribution in [0.2, 0.25) is 10.0 Å². The monoisotopic (exact) mass is 1270 g/mol. The lowest BCUT2D eigenvalue weighted by Crippen LogP contribution is -2.19. The van der Waals surface area contributed by atoms with Gasteiger partial charge in [-0.3, -0.25) is 22.8 Å². The van der Waals surface area contributed by atoms with Crippen molar-refractivity contribution in [2.45, 2.75) is 31.4 Å². The second-order valence-corrected chi connectivity index (χ2v) is 25.4. The van der Waals surface area contributed by atoms with Crippen molar-refractivity contribution < 1.29 is 69.6 Å².